The maximum atomic E-state index is 12.0. The van der Waals surface area contributed by atoms with Gasteiger partial charge in [-0.2, -0.15) is 0 Å². The third-order valence-corrected chi connectivity index (χ3v) is 3.75. The lowest BCUT2D eigenvalue weighted by atomic mass is 9.81. The number of rotatable bonds is 3. The van der Waals surface area contributed by atoms with Gasteiger partial charge in [-0.3, -0.25) is 4.79 Å². The number of amides is 2. The Balaban J connectivity index is 1.91. The van der Waals surface area contributed by atoms with E-state index >= 15 is 0 Å². The summed E-state index contributed by atoms with van der Waals surface area (Å²) in [6, 6.07) is 9.50. The summed E-state index contributed by atoms with van der Waals surface area (Å²) < 4.78 is 5.28. The molecule has 20 heavy (non-hydrogen) atoms. The van der Waals surface area contributed by atoms with E-state index in [0.717, 1.165) is 12.0 Å². The van der Waals surface area contributed by atoms with Gasteiger partial charge in [0.1, 0.15) is 6.61 Å². The first-order chi connectivity index (χ1) is 9.51. The molecular formula is C15H20N2O3. The van der Waals surface area contributed by atoms with Gasteiger partial charge in [-0.1, -0.05) is 30.3 Å². The minimum absolute atomic E-state index is 0.240. The van der Waals surface area contributed by atoms with Crippen molar-refractivity contribution in [3.8, 4) is 0 Å². The van der Waals surface area contributed by atoms with Gasteiger partial charge >= 0.3 is 6.09 Å². The zero-order chi connectivity index (χ0) is 14.6. The monoisotopic (exact) mass is 276 g/mol. The minimum atomic E-state index is -0.649. The summed E-state index contributed by atoms with van der Waals surface area (Å²) >= 11 is 0. The van der Waals surface area contributed by atoms with Crippen LogP contribution in [-0.2, 0) is 16.1 Å². The lowest BCUT2D eigenvalue weighted by Gasteiger charge is -2.37. The van der Waals surface area contributed by atoms with Crippen LogP contribution in [0.2, 0.25) is 0 Å². The largest absolute Gasteiger partial charge is 0.445 e. The molecule has 1 atom stereocenters. The summed E-state index contributed by atoms with van der Waals surface area (Å²) in [5, 5.41) is 0. The number of likely N-dealkylation sites (tertiary alicyclic amines) is 1. The third kappa shape index (κ3) is 3.29. The number of nitrogens with zero attached hydrogens (tertiary/aromatic N) is 1. The fourth-order valence-corrected chi connectivity index (χ4v) is 2.41. The molecule has 0 aromatic heterocycles. The van der Waals surface area contributed by atoms with Gasteiger partial charge in [-0.05, 0) is 25.3 Å². The van der Waals surface area contributed by atoms with Crippen LogP contribution in [0.3, 0.4) is 0 Å². The molecule has 1 aromatic rings. The number of hydrogen-bond acceptors (Lipinski definition) is 3. The van der Waals surface area contributed by atoms with E-state index < -0.39 is 5.41 Å². The van der Waals surface area contributed by atoms with Gasteiger partial charge in [0.05, 0.1) is 5.41 Å². The van der Waals surface area contributed by atoms with Crippen LogP contribution in [0, 0.1) is 5.41 Å². The Kier molecular flexibility index (Phi) is 4.27. The highest BCUT2D eigenvalue weighted by Crippen LogP contribution is 2.29. The molecule has 0 radical (unpaired) electrons. The normalized spacial score (nSPS) is 22.4. The van der Waals surface area contributed by atoms with Crippen LogP contribution >= 0.6 is 0 Å². The van der Waals surface area contributed by atoms with Gasteiger partial charge in [-0.25, -0.2) is 4.79 Å². The molecule has 108 valence electrons. The zero-order valence-electron chi connectivity index (χ0n) is 11.7. The van der Waals surface area contributed by atoms with Crippen molar-refractivity contribution in [2.45, 2.75) is 26.4 Å². The first-order valence-electron chi connectivity index (χ1n) is 6.77. The van der Waals surface area contributed by atoms with Gasteiger partial charge in [0.15, 0.2) is 0 Å². The number of hydrogen-bond donors (Lipinski definition) is 1. The molecule has 2 amide bonds. The molecule has 2 rings (SSSR count). The number of ether oxygens (including phenoxy) is 1. The van der Waals surface area contributed by atoms with Crippen LogP contribution in [0.25, 0.3) is 0 Å². The Morgan fingerprint density at radius 3 is 2.70 bits per heavy atom. The molecule has 1 unspecified atom stereocenters. The van der Waals surface area contributed by atoms with Crippen LogP contribution in [0.1, 0.15) is 25.3 Å². The molecule has 1 aliphatic rings. The van der Waals surface area contributed by atoms with Crippen LogP contribution < -0.4 is 5.73 Å². The minimum Gasteiger partial charge on any atom is -0.445 e. The Bertz CT molecular complexity index is 489. The van der Waals surface area contributed by atoms with Crippen molar-refractivity contribution in [1.82, 2.24) is 4.90 Å². The lowest BCUT2D eigenvalue weighted by molar-refractivity contribution is -0.129. The van der Waals surface area contributed by atoms with E-state index in [4.69, 9.17) is 10.5 Å². The summed E-state index contributed by atoms with van der Waals surface area (Å²) in [6.07, 6.45) is 1.09. The second-order valence-electron chi connectivity index (χ2n) is 5.49. The molecule has 1 aromatic carbocycles. The Morgan fingerprint density at radius 1 is 1.35 bits per heavy atom. The fraction of sp³-hybridized carbons (Fsp3) is 0.467. The molecule has 0 aliphatic carbocycles. The van der Waals surface area contributed by atoms with E-state index in [9.17, 15) is 9.59 Å². The maximum Gasteiger partial charge on any atom is 0.410 e. The van der Waals surface area contributed by atoms with Crippen molar-refractivity contribution in [3.63, 3.8) is 0 Å². The second-order valence-corrected chi connectivity index (χ2v) is 5.49. The zero-order valence-corrected chi connectivity index (χ0v) is 11.7. The quantitative estimate of drug-likeness (QED) is 0.916. The Morgan fingerprint density at radius 2 is 2.05 bits per heavy atom. The first-order valence-corrected chi connectivity index (χ1v) is 6.77. The predicted octanol–water partition coefficient (Wildman–Crippen LogP) is 1.91. The van der Waals surface area contributed by atoms with E-state index in [-0.39, 0.29) is 18.6 Å². The summed E-state index contributed by atoms with van der Waals surface area (Å²) in [4.78, 5) is 25.1. The number of piperidine rings is 1. The van der Waals surface area contributed by atoms with Crippen molar-refractivity contribution in [2.24, 2.45) is 11.1 Å². The van der Waals surface area contributed by atoms with Crippen LogP contribution in [0.4, 0.5) is 4.79 Å². The Hall–Kier alpha value is -2.04. The average molecular weight is 276 g/mol. The molecule has 5 heteroatoms. The summed E-state index contributed by atoms with van der Waals surface area (Å²) in [5.74, 6) is -0.363. The fourth-order valence-electron chi connectivity index (χ4n) is 2.41. The van der Waals surface area contributed by atoms with E-state index in [2.05, 4.69) is 0 Å². The van der Waals surface area contributed by atoms with Crippen LogP contribution in [-0.4, -0.2) is 30.0 Å². The van der Waals surface area contributed by atoms with Crippen molar-refractivity contribution in [3.05, 3.63) is 35.9 Å². The predicted molar refractivity (Wildman–Crippen MR) is 74.7 cm³/mol. The van der Waals surface area contributed by atoms with E-state index in [1.165, 1.54) is 0 Å². The number of primary amides is 1. The molecule has 2 N–H and O–H groups in total. The average Bonchev–Trinajstić information content (AvgIpc) is 2.46. The number of nitrogens with two attached hydrogens (primary N) is 1. The smallest absolute Gasteiger partial charge is 0.410 e. The molecular weight excluding hydrogens is 256 g/mol. The van der Waals surface area contributed by atoms with Gasteiger partial charge < -0.3 is 15.4 Å². The summed E-state index contributed by atoms with van der Waals surface area (Å²) in [5.41, 5.74) is 5.70. The molecule has 0 saturated carbocycles. The highest BCUT2D eigenvalue weighted by atomic mass is 16.6. The highest BCUT2D eigenvalue weighted by molar-refractivity contribution is 5.81. The van der Waals surface area contributed by atoms with E-state index in [1.807, 2.05) is 30.3 Å². The lowest BCUT2D eigenvalue weighted by Crippen LogP contribution is -2.50. The summed E-state index contributed by atoms with van der Waals surface area (Å²) in [7, 11) is 0. The van der Waals surface area contributed by atoms with Crippen molar-refractivity contribution in [2.75, 3.05) is 13.1 Å². The second kappa shape index (κ2) is 5.94. The number of carbonyl (C=O) groups excluding carboxylic acids is 2. The number of carbonyl (C=O) groups is 2. The molecule has 1 heterocycles. The highest BCUT2D eigenvalue weighted by Gasteiger charge is 2.38. The molecule has 1 saturated heterocycles. The van der Waals surface area contributed by atoms with Crippen molar-refractivity contribution in [1.29, 1.82) is 0 Å². The van der Waals surface area contributed by atoms with Gasteiger partial charge in [0, 0.05) is 13.1 Å². The number of benzene rings is 1. The van der Waals surface area contributed by atoms with E-state index in [0.29, 0.717) is 19.5 Å². The molecule has 1 fully saturated rings. The van der Waals surface area contributed by atoms with Crippen molar-refractivity contribution < 1.29 is 14.3 Å². The van der Waals surface area contributed by atoms with E-state index in [1.54, 1.807) is 11.8 Å². The SMILES string of the molecule is CC1(C(N)=O)CCCN(C(=O)OCc2ccccc2)C1. The van der Waals surface area contributed by atoms with Gasteiger partial charge in [0.2, 0.25) is 5.91 Å². The van der Waals surface area contributed by atoms with Crippen molar-refractivity contribution >= 4 is 12.0 Å². The molecule has 1 aliphatic heterocycles. The third-order valence-electron chi connectivity index (χ3n) is 3.75. The Labute approximate surface area is 118 Å². The maximum absolute atomic E-state index is 12.0. The van der Waals surface area contributed by atoms with Gasteiger partial charge in [0.25, 0.3) is 0 Å². The standard InChI is InChI=1S/C15H20N2O3/c1-15(13(16)18)8-5-9-17(11-15)14(19)20-10-12-6-3-2-4-7-12/h2-4,6-7H,5,8-11H2,1H3,(H2,16,18). The van der Waals surface area contributed by atoms with Crippen LogP contribution in [0.5, 0.6) is 0 Å². The summed E-state index contributed by atoms with van der Waals surface area (Å²) in [6.45, 7) is 2.97. The topological polar surface area (TPSA) is 72.6 Å². The first kappa shape index (κ1) is 14.4. The van der Waals surface area contributed by atoms with Crippen LogP contribution in [0.15, 0.2) is 30.3 Å². The molecule has 5 nitrogen and oxygen atoms in total. The molecule has 0 bridgehead atoms. The molecule has 0 spiro atoms. The van der Waals surface area contributed by atoms with Gasteiger partial charge in [-0.15, -0.1) is 0 Å².